The molecule has 2 aromatic carbocycles. The van der Waals surface area contributed by atoms with E-state index in [2.05, 4.69) is 15.0 Å². The van der Waals surface area contributed by atoms with Crippen LogP contribution in [0.15, 0.2) is 51.9 Å². The molecule has 9 heteroatoms. The topological polar surface area (TPSA) is 102 Å². The van der Waals surface area contributed by atoms with Crippen LogP contribution in [0.1, 0.15) is 18.4 Å². The molecular formula is C18H17FN4O3S. The molecular weight excluding hydrogens is 371 g/mol. The summed E-state index contributed by atoms with van der Waals surface area (Å²) in [4.78, 5) is 6.56. The molecule has 1 aliphatic rings. The maximum absolute atomic E-state index is 13.0. The van der Waals surface area contributed by atoms with Crippen LogP contribution in [0.4, 0.5) is 10.1 Å². The van der Waals surface area contributed by atoms with Gasteiger partial charge in [0.05, 0.1) is 11.4 Å². The lowest BCUT2D eigenvalue weighted by Gasteiger charge is -2.22. The largest absolute Gasteiger partial charge is 0.359 e. The molecule has 2 N–H and O–H groups in total. The Morgan fingerprint density at radius 3 is 2.70 bits per heavy atom. The highest BCUT2D eigenvalue weighted by molar-refractivity contribution is 7.89. The second-order valence-electron chi connectivity index (χ2n) is 6.54. The van der Waals surface area contributed by atoms with Crippen molar-refractivity contribution in [3.63, 3.8) is 0 Å². The average molecular weight is 388 g/mol. The number of anilines is 1. The predicted molar refractivity (Wildman–Crippen MR) is 96.9 cm³/mol. The summed E-state index contributed by atoms with van der Waals surface area (Å²) in [6.45, 7) is 2.42. The van der Waals surface area contributed by atoms with Crippen molar-refractivity contribution < 1.29 is 17.3 Å². The van der Waals surface area contributed by atoms with Crippen LogP contribution < -0.4 is 10.0 Å². The number of primary sulfonamides is 1. The first-order valence-corrected chi connectivity index (χ1v) is 9.87. The molecule has 2 heterocycles. The van der Waals surface area contributed by atoms with Crippen LogP contribution in [0.25, 0.3) is 11.4 Å². The normalized spacial score (nSPS) is 16.6. The van der Waals surface area contributed by atoms with E-state index in [0.717, 1.165) is 11.3 Å². The number of nitrogens with zero attached hydrogens (tertiary/aromatic N) is 3. The maximum Gasteiger partial charge on any atom is 0.246 e. The zero-order chi connectivity index (χ0) is 19.2. The van der Waals surface area contributed by atoms with E-state index in [1.807, 2.05) is 6.92 Å². The van der Waals surface area contributed by atoms with Crippen LogP contribution in [-0.2, 0) is 23.0 Å². The molecule has 0 saturated carbocycles. The third-order valence-electron chi connectivity index (χ3n) is 4.61. The van der Waals surface area contributed by atoms with E-state index in [-0.39, 0.29) is 16.8 Å². The van der Waals surface area contributed by atoms with Gasteiger partial charge in [-0.1, -0.05) is 5.16 Å². The number of aromatic nitrogens is 2. The molecule has 0 bridgehead atoms. The summed E-state index contributed by atoms with van der Waals surface area (Å²) in [5.74, 6) is 0.482. The van der Waals surface area contributed by atoms with Crippen molar-refractivity contribution in [2.24, 2.45) is 5.14 Å². The second-order valence-corrected chi connectivity index (χ2v) is 8.10. The van der Waals surface area contributed by atoms with E-state index in [4.69, 9.17) is 9.66 Å². The first-order chi connectivity index (χ1) is 12.8. The van der Waals surface area contributed by atoms with Gasteiger partial charge in [0.1, 0.15) is 5.82 Å². The Kier molecular flexibility index (Phi) is 4.20. The van der Waals surface area contributed by atoms with Gasteiger partial charge >= 0.3 is 0 Å². The number of benzene rings is 2. The Morgan fingerprint density at radius 2 is 2.00 bits per heavy atom. The fourth-order valence-corrected chi connectivity index (χ4v) is 3.83. The van der Waals surface area contributed by atoms with Gasteiger partial charge in [0, 0.05) is 17.3 Å². The lowest BCUT2D eigenvalue weighted by molar-refractivity contribution is 0.374. The number of hydrogen-bond donors (Lipinski definition) is 1. The number of halogens is 1. The van der Waals surface area contributed by atoms with Gasteiger partial charge in [-0.3, -0.25) is 0 Å². The number of rotatable bonds is 4. The molecule has 27 heavy (non-hydrogen) atoms. The minimum absolute atomic E-state index is 0.103. The van der Waals surface area contributed by atoms with Crippen LogP contribution in [0.3, 0.4) is 0 Å². The smallest absolute Gasteiger partial charge is 0.246 e. The van der Waals surface area contributed by atoms with Crippen molar-refractivity contribution >= 4 is 15.7 Å². The number of fused-ring (bicyclic) bond motifs is 1. The van der Waals surface area contributed by atoms with Crippen LogP contribution in [0.5, 0.6) is 0 Å². The molecule has 0 spiro atoms. The molecule has 1 atom stereocenters. The number of sulfonamides is 1. The van der Waals surface area contributed by atoms with Crippen molar-refractivity contribution in [3.8, 4) is 11.4 Å². The lowest BCUT2D eigenvalue weighted by atomic mass is 10.1. The molecule has 0 aliphatic carbocycles. The Morgan fingerprint density at radius 1 is 1.26 bits per heavy atom. The van der Waals surface area contributed by atoms with Gasteiger partial charge in [0.2, 0.25) is 21.7 Å². The summed E-state index contributed by atoms with van der Waals surface area (Å²) in [5.41, 5.74) is 2.49. The van der Waals surface area contributed by atoms with Gasteiger partial charge in [-0.05, 0) is 61.4 Å². The SMILES string of the molecule is C[C@@H]1Cc2cc(S(N)(=O)=O)ccc2N1Cc1nc(-c2ccc(F)cc2)no1. The average Bonchev–Trinajstić information content (AvgIpc) is 3.20. The molecule has 0 unspecified atom stereocenters. The standard InChI is InChI=1S/C18H17FN4O3S/c1-11-8-13-9-15(27(20,24)25)6-7-16(13)23(11)10-17-21-18(22-26-17)12-2-4-14(19)5-3-12/h2-7,9,11H,8,10H2,1H3,(H2,20,24,25)/t11-/m1/s1. The second kappa shape index (κ2) is 6.43. The minimum Gasteiger partial charge on any atom is -0.359 e. The van der Waals surface area contributed by atoms with Crippen molar-refractivity contribution in [1.82, 2.24) is 10.1 Å². The van der Waals surface area contributed by atoms with Crippen LogP contribution in [0, 0.1) is 5.82 Å². The fourth-order valence-electron chi connectivity index (χ4n) is 3.27. The van der Waals surface area contributed by atoms with Crippen molar-refractivity contribution in [2.75, 3.05) is 4.90 Å². The number of nitrogens with two attached hydrogens (primary N) is 1. The van der Waals surface area contributed by atoms with Crippen molar-refractivity contribution in [2.45, 2.75) is 30.8 Å². The zero-order valence-corrected chi connectivity index (χ0v) is 15.3. The first kappa shape index (κ1) is 17.6. The van der Waals surface area contributed by atoms with Gasteiger partial charge in [0.15, 0.2) is 0 Å². The first-order valence-electron chi connectivity index (χ1n) is 8.32. The van der Waals surface area contributed by atoms with Crippen LogP contribution >= 0.6 is 0 Å². The molecule has 0 saturated heterocycles. The summed E-state index contributed by atoms with van der Waals surface area (Å²) in [5, 5.41) is 9.17. The van der Waals surface area contributed by atoms with E-state index < -0.39 is 10.0 Å². The highest BCUT2D eigenvalue weighted by atomic mass is 32.2. The molecule has 140 valence electrons. The molecule has 0 radical (unpaired) electrons. The minimum atomic E-state index is -3.73. The van der Waals surface area contributed by atoms with Gasteiger partial charge in [-0.15, -0.1) is 0 Å². The Balaban J connectivity index is 1.58. The predicted octanol–water partition coefficient (Wildman–Crippen LogP) is 2.47. The maximum atomic E-state index is 13.0. The zero-order valence-electron chi connectivity index (χ0n) is 14.5. The van der Waals surface area contributed by atoms with E-state index in [0.29, 0.717) is 30.2 Å². The van der Waals surface area contributed by atoms with Crippen LogP contribution in [-0.4, -0.2) is 24.6 Å². The summed E-state index contributed by atoms with van der Waals surface area (Å²) in [6.07, 6.45) is 0.692. The van der Waals surface area contributed by atoms with Gasteiger partial charge < -0.3 is 9.42 Å². The summed E-state index contributed by atoms with van der Waals surface area (Å²) < 4.78 is 41.5. The van der Waals surface area contributed by atoms with Gasteiger partial charge in [0.25, 0.3) is 0 Å². The molecule has 3 aromatic rings. The highest BCUT2D eigenvalue weighted by Gasteiger charge is 2.28. The summed E-state index contributed by atoms with van der Waals surface area (Å²) in [7, 11) is -3.73. The van der Waals surface area contributed by atoms with E-state index in [1.165, 1.54) is 18.2 Å². The van der Waals surface area contributed by atoms with E-state index in [9.17, 15) is 12.8 Å². The molecule has 4 rings (SSSR count). The number of hydrogen-bond acceptors (Lipinski definition) is 6. The Labute approximate surface area is 155 Å². The molecule has 1 aromatic heterocycles. The van der Waals surface area contributed by atoms with Crippen molar-refractivity contribution in [1.29, 1.82) is 0 Å². The quantitative estimate of drug-likeness (QED) is 0.737. The third-order valence-corrected chi connectivity index (χ3v) is 5.52. The highest BCUT2D eigenvalue weighted by Crippen LogP contribution is 2.34. The summed E-state index contributed by atoms with van der Waals surface area (Å²) >= 11 is 0. The van der Waals surface area contributed by atoms with Crippen LogP contribution in [0.2, 0.25) is 0 Å². The third kappa shape index (κ3) is 3.43. The van der Waals surface area contributed by atoms with E-state index in [1.54, 1.807) is 24.3 Å². The Hall–Kier alpha value is -2.78. The van der Waals surface area contributed by atoms with Crippen molar-refractivity contribution in [3.05, 3.63) is 59.7 Å². The molecule has 0 fully saturated rings. The Bertz CT molecular complexity index is 1100. The monoisotopic (exact) mass is 388 g/mol. The van der Waals surface area contributed by atoms with Gasteiger partial charge in [-0.25, -0.2) is 17.9 Å². The lowest BCUT2D eigenvalue weighted by Crippen LogP contribution is -2.28. The fraction of sp³-hybridized carbons (Fsp3) is 0.222. The molecule has 7 nitrogen and oxygen atoms in total. The van der Waals surface area contributed by atoms with Gasteiger partial charge in [-0.2, -0.15) is 4.98 Å². The summed E-state index contributed by atoms with van der Waals surface area (Å²) in [6, 6.07) is 10.8. The molecule has 0 amide bonds. The molecule has 1 aliphatic heterocycles. The van der Waals surface area contributed by atoms with E-state index >= 15 is 0 Å².